The summed E-state index contributed by atoms with van der Waals surface area (Å²) >= 11 is 1.38. The average Bonchev–Trinajstić information content (AvgIpc) is 3.44. The number of thioether (sulfide) groups is 1. The van der Waals surface area contributed by atoms with Gasteiger partial charge >= 0.3 is 0 Å². The second-order valence-electron chi connectivity index (χ2n) is 7.21. The molecule has 1 aliphatic carbocycles. The van der Waals surface area contributed by atoms with Gasteiger partial charge in [0.2, 0.25) is 5.91 Å². The molecule has 0 radical (unpaired) electrons. The van der Waals surface area contributed by atoms with E-state index in [2.05, 4.69) is 26.6 Å². The second-order valence-corrected chi connectivity index (χ2v) is 8.15. The van der Waals surface area contributed by atoms with Crippen LogP contribution in [0.15, 0.2) is 64.1 Å². The van der Waals surface area contributed by atoms with Crippen LogP contribution >= 0.6 is 11.8 Å². The van der Waals surface area contributed by atoms with Gasteiger partial charge in [0.05, 0.1) is 18.6 Å². The van der Waals surface area contributed by atoms with E-state index in [-0.39, 0.29) is 5.91 Å². The number of nitrogens with zero attached hydrogens (tertiary/aromatic N) is 4. The first-order valence-corrected chi connectivity index (χ1v) is 11.2. The molecule has 7 nitrogen and oxygen atoms in total. The molecule has 30 heavy (non-hydrogen) atoms. The summed E-state index contributed by atoms with van der Waals surface area (Å²) < 4.78 is 7.46. The minimum absolute atomic E-state index is 0.00638. The molecule has 0 saturated carbocycles. The zero-order valence-electron chi connectivity index (χ0n) is 16.8. The van der Waals surface area contributed by atoms with Crippen molar-refractivity contribution in [3.63, 3.8) is 0 Å². The van der Waals surface area contributed by atoms with Gasteiger partial charge in [0.25, 0.3) is 0 Å². The molecule has 1 N–H and O–H groups in total. The Kier molecular flexibility index (Phi) is 6.97. The van der Waals surface area contributed by atoms with Crippen LogP contribution in [0.5, 0.6) is 0 Å². The van der Waals surface area contributed by atoms with Crippen LogP contribution in [-0.4, -0.2) is 38.0 Å². The number of pyridine rings is 1. The molecule has 1 amide bonds. The van der Waals surface area contributed by atoms with Crippen molar-refractivity contribution >= 4 is 17.7 Å². The number of amides is 1. The molecule has 156 valence electrons. The maximum Gasteiger partial charge on any atom is 0.230 e. The van der Waals surface area contributed by atoms with Gasteiger partial charge in [-0.05, 0) is 56.4 Å². The Balaban J connectivity index is 1.38. The van der Waals surface area contributed by atoms with Gasteiger partial charge in [-0.15, -0.1) is 10.2 Å². The molecule has 8 heteroatoms. The Morgan fingerprint density at radius 2 is 2.20 bits per heavy atom. The molecule has 0 aromatic carbocycles. The average molecular weight is 424 g/mol. The van der Waals surface area contributed by atoms with E-state index in [1.54, 1.807) is 18.7 Å². The molecule has 0 spiro atoms. The molecule has 4 rings (SSSR count). The highest BCUT2D eigenvalue weighted by atomic mass is 32.2. The van der Waals surface area contributed by atoms with E-state index in [0.717, 1.165) is 24.2 Å². The van der Waals surface area contributed by atoms with Crippen molar-refractivity contribution in [2.24, 2.45) is 0 Å². The summed E-state index contributed by atoms with van der Waals surface area (Å²) in [7, 11) is 0. The number of rotatable bonds is 9. The molecule has 3 aromatic heterocycles. The van der Waals surface area contributed by atoms with Crippen LogP contribution in [-0.2, 0) is 11.3 Å². The predicted molar refractivity (Wildman–Crippen MR) is 116 cm³/mol. The van der Waals surface area contributed by atoms with Crippen molar-refractivity contribution in [1.29, 1.82) is 0 Å². The number of hydrogen-bond acceptors (Lipinski definition) is 6. The zero-order chi connectivity index (χ0) is 20.6. The summed E-state index contributed by atoms with van der Waals surface area (Å²) in [6, 6.07) is 7.57. The normalized spacial score (nSPS) is 13.8. The highest BCUT2D eigenvalue weighted by Crippen LogP contribution is 2.25. The molecule has 0 unspecified atom stereocenters. The van der Waals surface area contributed by atoms with E-state index in [9.17, 15) is 4.79 Å². The third-order valence-corrected chi connectivity index (χ3v) is 5.98. The van der Waals surface area contributed by atoms with E-state index < -0.39 is 0 Å². The lowest BCUT2D eigenvalue weighted by molar-refractivity contribution is -0.118. The van der Waals surface area contributed by atoms with E-state index >= 15 is 0 Å². The fraction of sp³-hybridized carbons (Fsp3) is 0.364. The van der Waals surface area contributed by atoms with Crippen LogP contribution in [0.25, 0.3) is 11.4 Å². The van der Waals surface area contributed by atoms with Crippen molar-refractivity contribution in [2.45, 2.75) is 43.8 Å². The molecular weight excluding hydrogens is 398 g/mol. The van der Waals surface area contributed by atoms with Gasteiger partial charge in [-0.1, -0.05) is 23.4 Å². The molecule has 0 atom stereocenters. The number of aromatic nitrogens is 4. The Morgan fingerprint density at radius 1 is 1.23 bits per heavy atom. The lowest BCUT2D eigenvalue weighted by Gasteiger charge is -2.13. The number of allylic oxidation sites excluding steroid dienone is 1. The summed E-state index contributed by atoms with van der Waals surface area (Å²) in [6.45, 7) is 1.17. The van der Waals surface area contributed by atoms with Crippen molar-refractivity contribution in [1.82, 2.24) is 25.1 Å². The minimum atomic E-state index is 0.00638. The van der Waals surface area contributed by atoms with Gasteiger partial charge < -0.3 is 9.73 Å². The molecule has 0 aliphatic heterocycles. The summed E-state index contributed by atoms with van der Waals surface area (Å²) in [5, 5.41) is 12.3. The smallest absolute Gasteiger partial charge is 0.230 e. The molecule has 3 aromatic rings. The fourth-order valence-electron chi connectivity index (χ4n) is 3.48. The van der Waals surface area contributed by atoms with Gasteiger partial charge in [-0.25, -0.2) is 0 Å². The fourth-order valence-corrected chi connectivity index (χ4v) is 4.25. The Morgan fingerprint density at radius 3 is 2.97 bits per heavy atom. The standard InChI is InChI=1S/C22H25N5O2S/c28-20(24-12-10-17-6-2-1-3-7-17)16-30-22-26-25-21(18-8-4-11-23-14-18)27(22)15-19-9-5-13-29-19/h4-6,8-9,11,13-14H,1-3,7,10,12,15-16H2,(H,24,28). The first kappa shape index (κ1) is 20.4. The van der Waals surface area contributed by atoms with Crippen LogP contribution in [0.3, 0.4) is 0 Å². The molecule has 0 saturated heterocycles. The number of nitrogens with one attached hydrogen (secondary N) is 1. The zero-order valence-corrected chi connectivity index (χ0v) is 17.6. The van der Waals surface area contributed by atoms with Crippen molar-refractivity contribution < 1.29 is 9.21 Å². The molecular formula is C22H25N5O2S. The van der Waals surface area contributed by atoms with Gasteiger partial charge in [0.1, 0.15) is 5.76 Å². The van der Waals surface area contributed by atoms with E-state index in [1.807, 2.05) is 28.8 Å². The largest absolute Gasteiger partial charge is 0.467 e. The molecule has 3 heterocycles. The quantitative estimate of drug-likeness (QED) is 0.412. The van der Waals surface area contributed by atoms with Crippen LogP contribution in [0, 0.1) is 0 Å². The number of hydrogen-bond donors (Lipinski definition) is 1. The van der Waals surface area contributed by atoms with Gasteiger partial charge in [0.15, 0.2) is 11.0 Å². The summed E-state index contributed by atoms with van der Waals surface area (Å²) in [4.78, 5) is 16.5. The topological polar surface area (TPSA) is 85.8 Å². The van der Waals surface area contributed by atoms with E-state index in [1.165, 1.54) is 36.6 Å². The highest BCUT2D eigenvalue weighted by Gasteiger charge is 2.17. The SMILES string of the molecule is O=C(CSc1nnc(-c2cccnc2)n1Cc1ccco1)NCCC1=CCCCC1. The van der Waals surface area contributed by atoms with Crippen molar-refractivity contribution in [3.05, 3.63) is 60.3 Å². The predicted octanol–water partition coefficient (Wildman–Crippen LogP) is 4.08. The number of carbonyl (C=O) groups is 1. The Labute approximate surface area is 180 Å². The summed E-state index contributed by atoms with van der Waals surface area (Å²) in [6.07, 6.45) is 13.3. The van der Waals surface area contributed by atoms with Crippen LogP contribution in [0.4, 0.5) is 0 Å². The Hall–Kier alpha value is -2.87. The first-order chi connectivity index (χ1) is 14.8. The minimum Gasteiger partial charge on any atom is -0.467 e. The van der Waals surface area contributed by atoms with Crippen molar-refractivity contribution in [2.75, 3.05) is 12.3 Å². The van der Waals surface area contributed by atoms with Crippen LogP contribution in [0.2, 0.25) is 0 Å². The highest BCUT2D eigenvalue weighted by molar-refractivity contribution is 7.99. The summed E-state index contributed by atoms with van der Waals surface area (Å²) in [5.74, 6) is 1.80. The third kappa shape index (κ3) is 5.38. The lowest BCUT2D eigenvalue weighted by Crippen LogP contribution is -2.26. The third-order valence-electron chi connectivity index (χ3n) is 5.02. The molecule has 1 aliphatic rings. The molecule has 0 fully saturated rings. The van der Waals surface area contributed by atoms with Gasteiger partial charge in [-0.2, -0.15) is 0 Å². The summed E-state index contributed by atoms with van der Waals surface area (Å²) in [5.41, 5.74) is 2.34. The second kappa shape index (κ2) is 10.2. The Bertz CT molecular complexity index is 982. The lowest BCUT2D eigenvalue weighted by atomic mass is 9.97. The van der Waals surface area contributed by atoms with E-state index in [0.29, 0.717) is 29.8 Å². The monoisotopic (exact) mass is 423 g/mol. The number of furan rings is 1. The first-order valence-electron chi connectivity index (χ1n) is 10.2. The maximum atomic E-state index is 12.3. The van der Waals surface area contributed by atoms with Crippen LogP contribution < -0.4 is 5.32 Å². The molecule has 0 bridgehead atoms. The van der Waals surface area contributed by atoms with Gasteiger partial charge in [-0.3, -0.25) is 14.3 Å². The maximum absolute atomic E-state index is 12.3. The number of carbonyl (C=O) groups excluding carboxylic acids is 1. The van der Waals surface area contributed by atoms with Crippen molar-refractivity contribution in [3.8, 4) is 11.4 Å². The van der Waals surface area contributed by atoms with E-state index in [4.69, 9.17) is 4.42 Å². The van der Waals surface area contributed by atoms with Crippen LogP contribution in [0.1, 0.15) is 37.9 Å². The van der Waals surface area contributed by atoms with Gasteiger partial charge in [0, 0.05) is 24.5 Å².